The molecule has 69 valence electrons. The maximum absolute atomic E-state index is 5.82. The Balaban J connectivity index is 1.97. The van der Waals surface area contributed by atoms with Gasteiger partial charge < -0.3 is 0 Å². The highest BCUT2D eigenvalue weighted by Gasteiger charge is 2.15. The minimum absolute atomic E-state index is 0.833. The molecule has 0 aliphatic heterocycles. The van der Waals surface area contributed by atoms with Crippen molar-refractivity contribution in [2.75, 3.05) is 0 Å². The molecule has 0 heterocycles. The summed E-state index contributed by atoms with van der Waals surface area (Å²) in [4.78, 5) is 0. The molecule has 1 radical (unpaired) electrons. The first-order valence-electron chi connectivity index (χ1n) is 4.92. The number of benzene rings is 1. The van der Waals surface area contributed by atoms with E-state index in [-0.39, 0.29) is 0 Å². The molecule has 13 heavy (non-hydrogen) atoms. The third-order valence-corrected chi connectivity index (χ3v) is 2.93. The lowest BCUT2D eigenvalue weighted by molar-refractivity contribution is 0.838. The van der Waals surface area contributed by atoms with Crippen molar-refractivity contribution in [3.63, 3.8) is 0 Å². The second kappa shape index (κ2) is 4.15. The predicted molar refractivity (Wildman–Crippen MR) is 56.9 cm³/mol. The Kier molecular flexibility index (Phi) is 2.90. The summed E-state index contributed by atoms with van der Waals surface area (Å²) in [5.74, 6) is 1.71. The van der Waals surface area contributed by atoms with Crippen LogP contribution in [0, 0.1) is 5.92 Å². The molecular formula is C12H14Cl. The summed E-state index contributed by atoms with van der Waals surface area (Å²) in [6.45, 7) is 0. The Morgan fingerprint density at radius 3 is 2.23 bits per heavy atom. The van der Waals surface area contributed by atoms with Crippen LogP contribution < -0.4 is 0 Å². The lowest BCUT2D eigenvalue weighted by atomic mass is 9.98. The lowest BCUT2D eigenvalue weighted by Crippen LogP contribution is -1.95. The second-order valence-electron chi connectivity index (χ2n) is 3.76. The second-order valence-corrected chi connectivity index (χ2v) is 4.20. The van der Waals surface area contributed by atoms with Gasteiger partial charge in [0, 0.05) is 5.02 Å². The third-order valence-electron chi connectivity index (χ3n) is 2.68. The van der Waals surface area contributed by atoms with Crippen LogP contribution in [0.25, 0.3) is 0 Å². The van der Waals surface area contributed by atoms with E-state index in [4.69, 9.17) is 11.6 Å². The van der Waals surface area contributed by atoms with Crippen molar-refractivity contribution in [1.29, 1.82) is 0 Å². The molecule has 1 saturated carbocycles. The molecule has 1 heteroatoms. The summed E-state index contributed by atoms with van der Waals surface area (Å²) in [6.07, 6.45) is 6.62. The number of hydrogen-bond donors (Lipinski definition) is 0. The molecular weight excluding hydrogens is 180 g/mol. The molecule has 1 aromatic rings. The Morgan fingerprint density at radius 1 is 1.00 bits per heavy atom. The fourth-order valence-corrected chi connectivity index (χ4v) is 2.07. The molecule has 1 aliphatic rings. The smallest absolute Gasteiger partial charge is 0.0406 e. The average Bonchev–Trinajstić information content (AvgIpc) is 2.62. The first kappa shape index (κ1) is 9.08. The van der Waals surface area contributed by atoms with Gasteiger partial charge in [-0.2, -0.15) is 0 Å². The van der Waals surface area contributed by atoms with Gasteiger partial charge in [-0.05, 0) is 42.9 Å². The molecule has 1 aliphatic carbocycles. The third kappa shape index (κ3) is 2.47. The van der Waals surface area contributed by atoms with Gasteiger partial charge in [-0.15, -0.1) is 0 Å². The van der Waals surface area contributed by atoms with Gasteiger partial charge >= 0.3 is 0 Å². The van der Waals surface area contributed by atoms with Crippen LogP contribution in [0.1, 0.15) is 31.2 Å². The van der Waals surface area contributed by atoms with E-state index in [1.54, 1.807) is 5.92 Å². The minimum atomic E-state index is 0.833. The molecule has 0 bridgehead atoms. The van der Waals surface area contributed by atoms with Crippen LogP contribution in [0.2, 0.25) is 5.02 Å². The van der Waals surface area contributed by atoms with E-state index in [0.717, 1.165) is 11.4 Å². The monoisotopic (exact) mass is 193 g/mol. The molecule has 1 aromatic carbocycles. The SMILES string of the molecule is Clc1ccc(C[C]2CCCC2)cc1. The van der Waals surface area contributed by atoms with Gasteiger partial charge in [0.25, 0.3) is 0 Å². The van der Waals surface area contributed by atoms with Crippen molar-refractivity contribution in [2.24, 2.45) is 0 Å². The Morgan fingerprint density at radius 2 is 1.62 bits per heavy atom. The van der Waals surface area contributed by atoms with Crippen molar-refractivity contribution in [2.45, 2.75) is 32.1 Å². The van der Waals surface area contributed by atoms with E-state index in [1.165, 1.54) is 31.2 Å². The van der Waals surface area contributed by atoms with Gasteiger partial charge in [-0.1, -0.05) is 36.6 Å². The van der Waals surface area contributed by atoms with Gasteiger partial charge in [-0.25, -0.2) is 0 Å². The van der Waals surface area contributed by atoms with E-state index < -0.39 is 0 Å². The maximum atomic E-state index is 5.82. The Labute approximate surface area is 84.9 Å². The molecule has 0 N–H and O–H groups in total. The fourth-order valence-electron chi connectivity index (χ4n) is 1.94. The summed E-state index contributed by atoms with van der Waals surface area (Å²) in [5.41, 5.74) is 1.40. The van der Waals surface area contributed by atoms with Gasteiger partial charge in [-0.3, -0.25) is 0 Å². The average molecular weight is 194 g/mol. The van der Waals surface area contributed by atoms with Crippen LogP contribution in [0.5, 0.6) is 0 Å². The minimum Gasteiger partial charge on any atom is -0.0843 e. The van der Waals surface area contributed by atoms with Crippen LogP contribution in [-0.2, 0) is 6.42 Å². The molecule has 0 aromatic heterocycles. The zero-order valence-corrected chi connectivity index (χ0v) is 8.48. The molecule has 1 fully saturated rings. The Hall–Kier alpha value is -0.490. The molecule has 0 spiro atoms. The zero-order valence-electron chi connectivity index (χ0n) is 7.72. The van der Waals surface area contributed by atoms with E-state index in [9.17, 15) is 0 Å². The van der Waals surface area contributed by atoms with E-state index in [2.05, 4.69) is 12.1 Å². The summed E-state index contributed by atoms with van der Waals surface area (Å²) >= 11 is 5.82. The standard InChI is InChI=1S/C12H14Cl/c13-12-7-5-11(6-8-12)9-10-3-1-2-4-10/h5-8H,1-4,9H2. The van der Waals surface area contributed by atoms with Crippen molar-refractivity contribution < 1.29 is 0 Å². The predicted octanol–water partition coefficient (Wildman–Crippen LogP) is 4.03. The van der Waals surface area contributed by atoms with Crippen LogP contribution in [0.15, 0.2) is 24.3 Å². The van der Waals surface area contributed by atoms with E-state index in [1.807, 2.05) is 12.1 Å². The zero-order chi connectivity index (χ0) is 9.10. The van der Waals surface area contributed by atoms with Gasteiger partial charge in [0.05, 0.1) is 0 Å². The Bertz CT molecular complexity index is 257. The summed E-state index contributed by atoms with van der Waals surface area (Å²) in [6, 6.07) is 8.22. The lowest BCUT2D eigenvalue weighted by Gasteiger charge is -2.07. The topological polar surface area (TPSA) is 0 Å². The van der Waals surface area contributed by atoms with E-state index in [0.29, 0.717) is 0 Å². The van der Waals surface area contributed by atoms with Crippen molar-refractivity contribution in [3.05, 3.63) is 40.8 Å². The molecule has 0 atom stereocenters. The van der Waals surface area contributed by atoms with Crippen LogP contribution >= 0.6 is 11.6 Å². The highest BCUT2D eigenvalue weighted by molar-refractivity contribution is 6.30. The highest BCUT2D eigenvalue weighted by atomic mass is 35.5. The quantitative estimate of drug-likeness (QED) is 0.665. The number of hydrogen-bond acceptors (Lipinski definition) is 0. The molecule has 0 amide bonds. The first-order valence-corrected chi connectivity index (χ1v) is 5.30. The number of rotatable bonds is 2. The van der Waals surface area contributed by atoms with Crippen molar-refractivity contribution in [1.82, 2.24) is 0 Å². The first-order chi connectivity index (χ1) is 6.34. The summed E-state index contributed by atoms with van der Waals surface area (Å²) in [7, 11) is 0. The van der Waals surface area contributed by atoms with Crippen LogP contribution in [-0.4, -0.2) is 0 Å². The largest absolute Gasteiger partial charge is 0.0843 e. The van der Waals surface area contributed by atoms with Gasteiger partial charge in [0.15, 0.2) is 0 Å². The molecule has 0 nitrogen and oxygen atoms in total. The maximum Gasteiger partial charge on any atom is 0.0406 e. The van der Waals surface area contributed by atoms with Crippen LogP contribution in [0.3, 0.4) is 0 Å². The van der Waals surface area contributed by atoms with Crippen molar-refractivity contribution in [3.8, 4) is 0 Å². The number of halogens is 1. The normalized spacial score (nSPS) is 17.9. The molecule has 2 rings (SSSR count). The molecule has 0 saturated heterocycles. The van der Waals surface area contributed by atoms with Gasteiger partial charge in [0.1, 0.15) is 0 Å². The fraction of sp³-hybridized carbons (Fsp3) is 0.417. The van der Waals surface area contributed by atoms with Crippen molar-refractivity contribution >= 4 is 11.6 Å². The molecule has 0 unspecified atom stereocenters. The van der Waals surface area contributed by atoms with Crippen LogP contribution in [0.4, 0.5) is 0 Å². The van der Waals surface area contributed by atoms with Gasteiger partial charge in [0.2, 0.25) is 0 Å². The summed E-state index contributed by atoms with van der Waals surface area (Å²) < 4.78 is 0. The van der Waals surface area contributed by atoms with E-state index >= 15 is 0 Å². The summed E-state index contributed by atoms with van der Waals surface area (Å²) in [5, 5.41) is 0.833. The highest BCUT2D eigenvalue weighted by Crippen LogP contribution is 2.30.